The number of rotatable bonds is 5. The Morgan fingerprint density at radius 3 is 2.29 bits per heavy atom. The van der Waals surface area contributed by atoms with Crippen molar-refractivity contribution < 1.29 is 23.9 Å². The van der Waals surface area contributed by atoms with Crippen molar-refractivity contribution in [1.29, 1.82) is 0 Å². The molecule has 2 aromatic carbocycles. The molecule has 28 heavy (non-hydrogen) atoms. The highest BCUT2D eigenvalue weighted by Crippen LogP contribution is 2.27. The molecule has 0 aliphatic carbocycles. The highest BCUT2D eigenvalue weighted by Gasteiger charge is 2.17. The SMILES string of the molecule is Cc1ccoc1C(=O)Nc1ccc(NC(=O)c2ccccc2C(=O)O)c(Cl)c1. The summed E-state index contributed by atoms with van der Waals surface area (Å²) in [5.41, 5.74) is 1.28. The highest BCUT2D eigenvalue weighted by molar-refractivity contribution is 6.34. The summed E-state index contributed by atoms with van der Waals surface area (Å²) in [7, 11) is 0. The van der Waals surface area contributed by atoms with Gasteiger partial charge in [-0.05, 0) is 43.3 Å². The molecule has 3 N–H and O–H groups in total. The normalized spacial score (nSPS) is 10.4. The maximum absolute atomic E-state index is 12.4. The monoisotopic (exact) mass is 398 g/mol. The molecule has 0 spiro atoms. The van der Waals surface area contributed by atoms with Gasteiger partial charge in [-0.15, -0.1) is 0 Å². The van der Waals surface area contributed by atoms with E-state index >= 15 is 0 Å². The minimum absolute atomic E-state index is 0.0109. The predicted molar refractivity (Wildman–Crippen MR) is 104 cm³/mol. The Labute approximate surface area is 164 Å². The Hall–Kier alpha value is -3.58. The van der Waals surface area contributed by atoms with Crippen LogP contribution in [0.5, 0.6) is 0 Å². The van der Waals surface area contributed by atoms with E-state index in [0.717, 1.165) is 0 Å². The van der Waals surface area contributed by atoms with Crippen molar-refractivity contribution in [3.8, 4) is 0 Å². The van der Waals surface area contributed by atoms with Crippen LogP contribution >= 0.6 is 11.6 Å². The van der Waals surface area contributed by atoms with Gasteiger partial charge in [0.15, 0.2) is 5.76 Å². The van der Waals surface area contributed by atoms with Crippen molar-refractivity contribution in [2.24, 2.45) is 0 Å². The number of carboxylic acids is 1. The molecule has 3 rings (SSSR count). The van der Waals surface area contributed by atoms with Crippen LogP contribution in [0.1, 0.15) is 36.8 Å². The molecule has 8 heteroatoms. The number of anilines is 2. The molecular formula is C20H15ClN2O5. The van der Waals surface area contributed by atoms with Gasteiger partial charge in [0.1, 0.15) is 0 Å². The number of carboxylic acid groups (broad SMARTS) is 1. The van der Waals surface area contributed by atoms with E-state index in [1.54, 1.807) is 25.1 Å². The van der Waals surface area contributed by atoms with Crippen LogP contribution in [0.4, 0.5) is 11.4 Å². The van der Waals surface area contributed by atoms with Gasteiger partial charge in [0.25, 0.3) is 11.8 Å². The van der Waals surface area contributed by atoms with E-state index in [2.05, 4.69) is 10.6 Å². The summed E-state index contributed by atoms with van der Waals surface area (Å²) in [5.74, 6) is -2.05. The van der Waals surface area contributed by atoms with E-state index in [9.17, 15) is 19.5 Å². The summed E-state index contributed by atoms with van der Waals surface area (Å²) >= 11 is 6.20. The smallest absolute Gasteiger partial charge is 0.336 e. The summed E-state index contributed by atoms with van der Waals surface area (Å²) in [6, 6.07) is 12.1. The Balaban J connectivity index is 1.76. The molecule has 2 amide bonds. The second-order valence-electron chi connectivity index (χ2n) is 5.89. The van der Waals surface area contributed by atoms with Gasteiger partial charge in [0.2, 0.25) is 0 Å². The van der Waals surface area contributed by atoms with Crippen molar-refractivity contribution in [3.05, 3.63) is 82.3 Å². The molecule has 0 saturated heterocycles. The van der Waals surface area contributed by atoms with Gasteiger partial charge in [-0.1, -0.05) is 23.7 Å². The Morgan fingerprint density at radius 2 is 1.68 bits per heavy atom. The van der Waals surface area contributed by atoms with Gasteiger partial charge in [0, 0.05) is 11.3 Å². The summed E-state index contributed by atoms with van der Waals surface area (Å²) < 4.78 is 5.13. The second kappa shape index (κ2) is 7.98. The molecule has 1 heterocycles. The quantitative estimate of drug-likeness (QED) is 0.588. The number of amides is 2. The average Bonchev–Trinajstić information content (AvgIpc) is 3.10. The number of benzene rings is 2. The minimum atomic E-state index is -1.21. The van der Waals surface area contributed by atoms with Gasteiger partial charge < -0.3 is 20.2 Å². The fraction of sp³-hybridized carbons (Fsp3) is 0.0500. The zero-order valence-electron chi connectivity index (χ0n) is 14.7. The molecule has 142 valence electrons. The number of aryl methyl sites for hydroxylation is 1. The van der Waals surface area contributed by atoms with Crippen molar-refractivity contribution >= 4 is 40.8 Å². The number of carbonyl (C=O) groups is 3. The lowest BCUT2D eigenvalue weighted by Crippen LogP contribution is -2.17. The Bertz CT molecular complexity index is 1070. The largest absolute Gasteiger partial charge is 0.478 e. The summed E-state index contributed by atoms with van der Waals surface area (Å²) in [6.45, 7) is 1.75. The van der Waals surface area contributed by atoms with Crippen molar-refractivity contribution in [2.45, 2.75) is 6.92 Å². The first-order valence-corrected chi connectivity index (χ1v) is 8.53. The minimum Gasteiger partial charge on any atom is -0.478 e. The molecule has 0 aliphatic heterocycles. The first-order chi connectivity index (χ1) is 13.4. The van der Waals surface area contributed by atoms with Gasteiger partial charge >= 0.3 is 5.97 Å². The second-order valence-corrected chi connectivity index (χ2v) is 6.29. The number of hydrogen-bond donors (Lipinski definition) is 3. The molecule has 0 radical (unpaired) electrons. The fourth-order valence-corrected chi connectivity index (χ4v) is 2.77. The number of hydrogen-bond acceptors (Lipinski definition) is 4. The first kappa shape index (κ1) is 19.2. The van der Waals surface area contributed by atoms with Crippen LogP contribution < -0.4 is 10.6 Å². The third-order valence-electron chi connectivity index (χ3n) is 3.95. The number of carbonyl (C=O) groups excluding carboxylic acids is 2. The van der Waals surface area contributed by atoms with E-state index in [1.165, 1.54) is 36.6 Å². The number of aromatic carboxylic acids is 1. The zero-order valence-corrected chi connectivity index (χ0v) is 15.4. The van der Waals surface area contributed by atoms with Crippen LogP contribution in [-0.4, -0.2) is 22.9 Å². The predicted octanol–water partition coefficient (Wildman–Crippen LogP) is 4.44. The van der Waals surface area contributed by atoms with E-state index in [-0.39, 0.29) is 27.6 Å². The van der Waals surface area contributed by atoms with Crippen molar-refractivity contribution in [2.75, 3.05) is 10.6 Å². The van der Waals surface area contributed by atoms with E-state index in [0.29, 0.717) is 11.3 Å². The van der Waals surface area contributed by atoms with E-state index in [1.807, 2.05) is 0 Å². The lowest BCUT2D eigenvalue weighted by Gasteiger charge is -2.11. The lowest BCUT2D eigenvalue weighted by atomic mass is 10.1. The molecule has 3 aromatic rings. The van der Waals surface area contributed by atoms with E-state index < -0.39 is 17.8 Å². The van der Waals surface area contributed by atoms with E-state index in [4.69, 9.17) is 16.0 Å². The van der Waals surface area contributed by atoms with Crippen LogP contribution in [0.2, 0.25) is 5.02 Å². The Kier molecular flexibility index (Phi) is 5.47. The summed E-state index contributed by atoms with van der Waals surface area (Å²) in [6.07, 6.45) is 1.42. The molecule has 0 bridgehead atoms. The molecule has 0 aliphatic rings. The van der Waals surface area contributed by atoms with Crippen molar-refractivity contribution in [3.63, 3.8) is 0 Å². The van der Waals surface area contributed by atoms with Gasteiger partial charge in [-0.25, -0.2) is 4.79 Å². The molecular weight excluding hydrogens is 384 g/mol. The standard InChI is InChI=1S/C20H15ClN2O5/c1-11-8-9-28-17(11)19(25)22-12-6-7-16(15(21)10-12)23-18(24)13-4-2-3-5-14(13)20(26)27/h2-10H,1H3,(H,22,25)(H,23,24)(H,26,27). The van der Waals surface area contributed by atoms with Crippen LogP contribution in [0, 0.1) is 6.92 Å². The third-order valence-corrected chi connectivity index (χ3v) is 4.26. The van der Waals surface area contributed by atoms with Crippen LogP contribution in [0.15, 0.2) is 59.2 Å². The van der Waals surface area contributed by atoms with Crippen LogP contribution in [0.3, 0.4) is 0 Å². The van der Waals surface area contributed by atoms with Crippen molar-refractivity contribution in [1.82, 2.24) is 0 Å². The molecule has 0 fully saturated rings. The maximum atomic E-state index is 12.4. The fourth-order valence-electron chi connectivity index (χ4n) is 2.54. The molecule has 0 saturated carbocycles. The number of nitrogens with one attached hydrogen (secondary N) is 2. The highest BCUT2D eigenvalue weighted by atomic mass is 35.5. The summed E-state index contributed by atoms with van der Waals surface area (Å²) in [5, 5.41) is 14.6. The average molecular weight is 399 g/mol. The lowest BCUT2D eigenvalue weighted by molar-refractivity contribution is 0.0692. The Morgan fingerprint density at radius 1 is 0.964 bits per heavy atom. The molecule has 7 nitrogen and oxygen atoms in total. The van der Waals surface area contributed by atoms with Gasteiger partial charge in [-0.3, -0.25) is 9.59 Å². The van der Waals surface area contributed by atoms with Crippen LogP contribution in [0.25, 0.3) is 0 Å². The topological polar surface area (TPSA) is 109 Å². The molecule has 0 unspecified atom stereocenters. The first-order valence-electron chi connectivity index (χ1n) is 8.15. The molecule has 0 atom stereocenters. The van der Waals surface area contributed by atoms with Gasteiger partial charge in [-0.2, -0.15) is 0 Å². The maximum Gasteiger partial charge on any atom is 0.336 e. The van der Waals surface area contributed by atoms with Crippen LogP contribution in [-0.2, 0) is 0 Å². The number of halogens is 1. The third kappa shape index (κ3) is 4.05. The summed E-state index contributed by atoms with van der Waals surface area (Å²) in [4.78, 5) is 35.9. The number of furan rings is 1. The molecule has 1 aromatic heterocycles. The zero-order chi connectivity index (χ0) is 20.3. The van der Waals surface area contributed by atoms with Gasteiger partial charge in [0.05, 0.1) is 28.1 Å².